The van der Waals surface area contributed by atoms with Crippen LogP contribution in [-0.4, -0.2) is 36.6 Å². The molecule has 0 saturated carbocycles. The molecule has 3 unspecified atom stereocenters. The average molecular weight is 238 g/mol. The molecule has 0 aromatic rings. The Morgan fingerprint density at radius 1 is 1.24 bits per heavy atom. The van der Waals surface area contributed by atoms with Crippen molar-refractivity contribution in [2.24, 2.45) is 5.92 Å². The number of rotatable bonds is 6. The Morgan fingerprint density at radius 2 is 2.12 bits per heavy atom. The second kappa shape index (κ2) is 6.75. The molecule has 0 aromatic carbocycles. The van der Waals surface area contributed by atoms with Gasteiger partial charge in [0.25, 0.3) is 0 Å². The van der Waals surface area contributed by atoms with E-state index >= 15 is 0 Å². The van der Waals surface area contributed by atoms with Crippen molar-refractivity contribution >= 4 is 0 Å². The van der Waals surface area contributed by atoms with Crippen LogP contribution in [0.2, 0.25) is 0 Å². The number of nitrogens with one attached hydrogen (secondary N) is 1. The van der Waals surface area contributed by atoms with Crippen molar-refractivity contribution in [1.82, 2.24) is 10.2 Å². The first-order valence-corrected chi connectivity index (χ1v) is 7.79. The molecule has 0 bridgehead atoms. The minimum absolute atomic E-state index is 0.805. The third-order valence-corrected chi connectivity index (χ3v) is 4.76. The van der Waals surface area contributed by atoms with Gasteiger partial charge in [0.1, 0.15) is 0 Å². The van der Waals surface area contributed by atoms with Crippen molar-refractivity contribution < 1.29 is 0 Å². The summed E-state index contributed by atoms with van der Waals surface area (Å²) in [6.45, 7) is 8.60. The molecule has 0 radical (unpaired) electrons. The Hall–Kier alpha value is -0.0800. The summed E-state index contributed by atoms with van der Waals surface area (Å²) in [5, 5.41) is 3.58. The van der Waals surface area contributed by atoms with Crippen LogP contribution in [0.1, 0.15) is 58.8 Å². The number of unbranched alkanes of at least 4 members (excludes halogenated alkanes) is 3. The lowest BCUT2D eigenvalue weighted by Gasteiger charge is -2.41. The van der Waals surface area contributed by atoms with Gasteiger partial charge in [0.05, 0.1) is 0 Å². The van der Waals surface area contributed by atoms with Gasteiger partial charge in [-0.2, -0.15) is 0 Å². The van der Waals surface area contributed by atoms with Crippen molar-refractivity contribution in [3.63, 3.8) is 0 Å². The number of hydrogen-bond acceptors (Lipinski definition) is 2. The minimum atomic E-state index is 0.805. The molecule has 2 heteroatoms. The van der Waals surface area contributed by atoms with E-state index < -0.39 is 0 Å². The van der Waals surface area contributed by atoms with Crippen molar-refractivity contribution in [3.05, 3.63) is 0 Å². The largest absolute Gasteiger partial charge is 0.315 e. The number of piperidine rings is 1. The monoisotopic (exact) mass is 238 g/mol. The lowest BCUT2D eigenvalue weighted by atomic mass is 9.90. The van der Waals surface area contributed by atoms with E-state index in [4.69, 9.17) is 0 Å². The zero-order valence-corrected chi connectivity index (χ0v) is 11.8. The van der Waals surface area contributed by atoms with Crippen LogP contribution in [-0.2, 0) is 0 Å². The average Bonchev–Trinajstić information content (AvgIpc) is 2.82. The highest BCUT2D eigenvalue weighted by atomic mass is 15.2. The van der Waals surface area contributed by atoms with Gasteiger partial charge in [-0.1, -0.05) is 32.6 Å². The van der Waals surface area contributed by atoms with Crippen LogP contribution >= 0.6 is 0 Å². The summed E-state index contributed by atoms with van der Waals surface area (Å²) in [4.78, 5) is 2.81. The fourth-order valence-corrected chi connectivity index (χ4v) is 3.68. The summed E-state index contributed by atoms with van der Waals surface area (Å²) in [6, 6.07) is 1.66. The van der Waals surface area contributed by atoms with E-state index in [2.05, 4.69) is 24.1 Å². The Balaban J connectivity index is 1.75. The summed E-state index contributed by atoms with van der Waals surface area (Å²) >= 11 is 0. The van der Waals surface area contributed by atoms with Crippen LogP contribution in [0.3, 0.4) is 0 Å². The highest BCUT2D eigenvalue weighted by Gasteiger charge is 2.36. The molecule has 0 spiro atoms. The van der Waals surface area contributed by atoms with Gasteiger partial charge < -0.3 is 5.32 Å². The maximum atomic E-state index is 3.58. The molecule has 2 saturated heterocycles. The van der Waals surface area contributed by atoms with Crippen LogP contribution in [0.25, 0.3) is 0 Å². The molecule has 2 aliphatic rings. The number of fused-ring (bicyclic) bond motifs is 1. The van der Waals surface area contributed by atoms with Gasteiger partial charge in [-0.25, -0.2) is 0 Å². The van der Waals surface area contributed by atoms with Crippen LogP contribution in [0.4, 0.5) is 0 Å². The molecule has 0 aliphatic carbocycles. The molecule has 0 amide bonds. The first-order chi connectivity index (χ1) is 8.33. The molecule has 2 aliphatic heterocycles. The third-order valence-electron chi connectivity index (χ3n) is 4.76. The quantitative estimate of drug-likeness (QED) is 0.716. The summed E-state index contributed by atoms with van der Waals surface area (Å²) < 4.78 is 0. The molecular formula is C15H30N2. The lowest BCUT2D eigenvalue weighted by molar-refractivity contribution is 0.0795. The Morgan fingerprint density at radius 3 is 2.94 bits per heavy atom. The van der Waals surface area contributed by atoms with E-state index in [0.717, 1.165) is 18.0 Å². The zero-order valence-electron chi connectivity index (χ0n) is 11.8. The predicted octanol–water partition coefficient (Wildman–Crippen LogP) is 3.03. The van der Waals surface area contributed by atoms with Gasteiger partial charge in [-0.05, 0) is 45.2 Å². The van der Waals surface area contributed by atoms with E-state index in [9.17, 15) is 0 Å². The SMILES string of the molecule is CCCCCCC(C)N1CCCC2CNCC21. The fourth-order valence-electron chi connectivity index (χ4n) is 3.68. The fraction of sp³-hybridized carbons (Fsp3) is 1.00. The maximum absolute atomic E-state index is 3.58. The number of likely N-dealkylation sites (tertiary alicyclic amines) is 1. The zero-order chi connectivity index (χ0) is 12.1. The van der Waals surface area contributed by atoms with Crippen LogP contribution in [0.5, 0.6) is 0 Å². The minimum Gasteiger partial charge on any atom is -0.315 e. The van der Waals surface area contributed by atoms with Gasteiger partial charge >= 0.3 is 0 Å². The van der Waals surface area contributed by atoms with Crippen LogP contribution in [0, 0.1) is 5.92 Å². The molecule has 2 nitrogen and oxygen atoms in total. The lowest BCUT2D eigenvalue weighted by Crippen LogP contribution is -2.49. The molecule has 3 atom stereocenters. The smallest absolute Gasteiger partial charge is 0.0263 e. The van der Waals surface area contributed by atoms with Gasteiger partial charge in [-0.15, -0.1) is 0 Å². The van der Waals surface area contributed by atoms with E-state index in [-0.39, 0.29) is 0 Å². The molecule has 1 N–H and O–H groups in total. The summed E-state index contributed by atoms with van der Waals surface area (Å²) in [5.41, 5.74) is 0. The van der Waals surface area contributed by atoms with Crippen LogP contribution < -0.4 is 5.32 Å². The second-order valence-corrected chi connectivity index (χ2v) is 6.06. The summed E-state index contributed by atoms with van der Waals surface area (Å²) in [7, 11) is 0. The Kier molecular flexibility index (Phi) is 5.30. The van der Waals surface area contributed by atoms with Gasteiger partial charge in [0.2, 0.25) is 0 Å². The van der Waals surface area contributed by atoms with Gasteiger partial charge in [-0.3, -0.25) is 4.90 Å². The third kappa shape index (κ3) is 3.45. The standard InChI is InChI=1S/C15H30N2/c1-3-4-5-6-8-13(2)17-10-7-9-14-11-16-12-15(14)17/h13-16H,3-12H2,1-2H3. The van der Waals surface area contributed by atoms with E-state index in [1.165, 1.54) is 64.6 Å². The molecule has 0 aromatic heterocycles. The van der Waals surface area contributed by atoms with Gasteiger partial charge in [0.15, 0.2) is 0 Å². The van der Waals surface area contributed by atoms with Crippen LogP contribution in [0.15, 0.2) is 0 Å². The topological polar surface area (TPSA) is 15.3 Å². The Bertz CT molecular complexity index is 217. The maximum Gasteiger partial charge on any atom is 0.0263 e. The molecule has 2 rings (SSSR count). The normalized spacial score (nSPS) is 31.4. The van der Waals surface area contributed by atoms with E-state index in [0.29, 0.717) is 0 Å². The molecular weight excluding hydrogens is 208 g/mol. The number of hydrogen-bond donors (Lipinski definition) is 1. The van der Waals surface area contributed by atoms with Crippen molar-refractivity contribution in [3.8, 4) is 0 Å². The molecule has 2 fully saturated rings. The summed E-state index contributed by atoms with van der Waals surface area (Å²) in [6.07, 6.45) is 9.91. The van der Waals surface area contributed by atoms with Crippen molar-refractivity contribution in [1.29, 1.82) is 0 Å². The van der Waals surface area contributed by atoms with Gasteiger partial charge in [0, 0.05) is 18.6 Å². The second-order valence-electron chi connectivity index (χ2n) is 6.06. The van der Waals surface area contributed by atoms with E-state index in [1.807, 2.05) is 0 Å². The van der Waals surface area contributed by atoms with E-state index in [1.54, 1.807) is 0 Å². The molecule has 2 heterocycles. The first kappa shape index (κ1) is 13.4. The molecule has 17 heavy (non-hydrogen) atoms. The van der Waals surface area contributed by atoms with Crippen molar-refractivity contribution in [2.75, 3.05) is 19.6 Å². The Labute approximate surface area is 107 Å². The first-order valence-electron chi connectivity index (χ1n) is 7.79. The highest BCUT2D eigenvalue weighted by Crippen LogP contribution is 2.29. The summed E-state index contributed by atoms with van der Waals surface area (Å²) in [5.74, 6) is 0.946. The highest BCUT2D eigenvalue weighted by molar-refractivity contribution is 4.93. The van der Waals surface area contributed by atoms with Crippen molar-refractivity contribution in [2.45, 2.75) is 70.9 Å². The predicted molar refractivity (Wildman–Crippen MR) is 74.3 cm³/mol. The number of nitrogens with zero attached hydrogens (tertiary/aromatic N) is 1. The molecule has 100 valence electrons.